The van der Waals surface area contributed by atoms with E-state index in [4.69, 9.17) is 4.84 Å². The summed E-state index contributed by atoms with van der Waals surface area (Å²) in [5, 5.41) is 1.82. The number of carbonyl (C=O) groups is 1. The number of aromatic nitrogens is 2. The van der Waals surface area contributed by atoms with E-state index in [-0.39, 0.29) is 6.09 Å². The standard InChI is InChI=1S/C17H26N4O2/c1-14-16(12-18-13-19-14)15-6-10-21(11-7-15)23-17(22)20-8-4-2-3-5-9-20/h12-13,15H,2-11H2,1H3. The second-order valence-corrected chi connectivity index (χ2v) is 6.53. The van der Waals surface area contributed by atoms with Crippen LogP contribution >= 0.6 is 0 Å². The smallest absolute Gasteiger partial charge is 0.351 e. The lowest BCUT2D eigenvalue weighted by Gasteiger charge is -2.32. The summed E-state index contributed by atoms with van der Waals surface area (Å²) in [5.41, 5.74) is 2.28. The third-order valence-corrected chi connectivity index (χ3v) is 4.91. The molecule has 0 aliphatic carbocycles. The van der Waals surface area contributed by atoms with Gasteiger partial charge in [-0.25, -0.2) is 14.8 Å². The van der Waals surface area contributed by atoms with Crippen LogP contribution in [0.15, 0.2) is 12.5 Å². The van der Waals surface area contributed by atoms with Crippen molar-refractivity contribution in [2.45, 2.75) is 51.4 Å². The van der Waals surface area contributed by atoms with E-state index in [1.165, 1.54) is 18.4 Å². The minimum Gasteiger partial charge on any atom is -0.351 e. The summed E-state index contributed by atoms with van der Waals surface area (Å²) in [6.45, 7) is 5.24. The van der Waals surface area contributed by atoms with Crippen molar-refractivity contribution in [1.82, 2.24) is 19.9 Å². The van der Waals surface area contributed by atoms with Gasteiger partial charge in [0.2, 0.25) is 0 Å². The minimum atomic E-state index is -0.176. The van der Waals surface area contributed by atoms with Crippen LogP contribution in [-0.4, -0.2) is 52.2 Å². The molecule has 2 aliphatic rings. The van der Waals surface area contributed by atoms with Crippen LogP contribution in [0.4, 0.5) is 4.79 Å². The van der Waals surface area contributed by atoms with E-state index in [1.54, 1.807) is 6.33 Å². The summed E-state index contributed by atoms with van der Waals surface area (Å²) >= 11 is 0. The van der Waals surface area contributed by atoms with Gasteiger partial charge in [0.15, 0.2) is 0 Å². The van der Waals surface area contributed by atoms with Gasteiger partial charge in [0.05, 0.1) is 0 Å². The van der Waals surface area contributed by atoms with Crippen molar-refractivity contribution in [2.24, 2.45) is 0 Å². The Morgan fingerprint density at radius 2 is 1.83 bits per heavy atom. The van der Waals surface area contributed by atoms with Gasteiger partial charge in [-0.3, -0.25) is 0 Å². The quantitative estimate of drug-likeness (QED) is 0.839. The molecular weight excluding hydrogens is 292 g/mol. The van der Waals surface area contributed by atoms with E-state index < -0.39 is 0 Å². The molecule has 2 saturated heterocycles. The van der Waals surface area contributed by atoms with E-state index >= 15 is 0 Å². The molecule has 0 saturated carbocycles. The number of carbonyl (C=O) groups excluding carboxylic acids is 1. The highest BCUT2D eigenvalue weighted by Gasteiger charge is 2.26. The van der Waals surface area contributed by atoms with Crippen LogP contribution in [0.3, 0.4) is 0 Å². The van der Waals surface area contributed by atoms with Crippen LogP contribution in [0.2, 0.25) is 0 Å². The van der Waals surface area contributed by atoms with Crippen LogP contribution < -0.4 is 0 Å². The first-order valence-electron chi connectivity index (χ1n) is 8.72. The molecule has 0 unspecified atom stereocenters. The molecule has 126 valence electrons. The molecule has 23 heavy (non-hydrogen) atoms. The lowest BCUT2D eigenvalue weighted by molar-refractivity contribution is -0.124. The Morgan fingerprint density at radius 1 is 1.13 bits per heavy atom. The normalized spacial score (nSPS) is 21.0. The summed E-state index contributed by atoms with van der Waals surface area (Å²) in [6.07, 6.45) is 9.90. The van der Waals surface area contributed by atoms with Gasteiger partial charge in [-0.1, -0.05) is 12.8 Å². The number of piperidine rings is 1. The third-order valence-electron chi connectivity index (χ3n) is 4.91. The van der Waals surface area contributed by atoms with Crippen molar-refractivity contribution in [3.63, 3.8) is 0 Å². The summed E-state index contributed by atoms with van der Waals surface area (Å²) in [5.74, 6) is 0.462. The van der Waals surface area contributed by atoms with E-state index in [0.717, 1.165) is 57.6 Å². The fraction of sp³-hybridized carbons (Fsp3) is 0.706. The fourth-order valence-electron chi connectivity index (χ4n) is 3.48. The number of amides is 1. The molecule has 0 N–H and O–H groups in total. The molecule has 1 amide bonds. The predicted octanol–water partition coefficient (Wildman–Crippen LogP) is 2.89. The second-order valence-electron chi connectivity index (χ2n) is 6.53. The van der Waals surface area contributed by atoms with Crippen molar-refractivity contribution >= 4 is 6.09 Å². The first-order chi connectivity index (χ1) is 11.2. The van der Waals surface area contributed by atoms with Gasteiger partial charge in [0.25, 0.3) is 0 Å². The molecule has 3 heterocycles. The first-order valence-corrected chi connectivity index (χ1v) is 8.72. The highest BCUT2D eigenvalue weighted by atomic mass is 16.7. The maximum absolute atomic E-state index is 12.3. The van der Waals surface area contributed by atoms with Crippen molar-refractivity contribution < 1.29 is 9.63 Å². The SMILES string of the molecule is Cc1ncncc1C1CCN(OC(=O)N2CCCCCC2)CC1. The number of nitrogens with zero attached hydrogens (tertiary/aromatic N) is 4. The minimum absolute atomic E-state index is 0.176. The number of rotatable bonds is 2. The van der Waals surface area contributed by atoms with E-state index in [0.29, 0.717) is 5.92 Å². The molecule has 0 bridgehead atoms. The van der Waals surface area contributed by atoms with Crippen molar-refractivity contribution in [1.29, 1.82) is 0 Å². The second kappa shape index (κ2) is 7.73. The zero-order valence-corrected chi connectivity index (χ0v) is 13.9. The number of likely N-dealkylation sites (tertiary alicyclic amines) is 1. The molecule has 1 aromatic heterocycles. The molecule has 2 fully saturated rings. The highest BCUT2D eigenvalue weighted by Crippen LogP contribution is 2.29. The highest BCUT2D eigenvalue weighted by molar-refractivity contribution is 5.67. The first kappa shape index (κ1) is 16.2. The van der Waals surface area contributed by atoms with Gasteiger partial charge < -0.3 is 9.74 Å². The predicted molar refractivity (Wildman–Crippen MR) is 86.8 cm³/mol. The Bertz CT molecular complexity index is 521. The number of hydroxylamine groups is 2. The molecule has 0 radical (unpaired) electrons. The summed E-state index contributed by atoms with van der Waals surface area (Å²) in [7, 11) is 0. The summed E-state index contributed by atoms with van der Waals surface area (Å²) in [6, 6.07) is 0. The molecular formula is C17H26N4O2. The van der Waals surface area contributed by atoms with Crippen LogP contribution in [-0.2, 0) is 4.84 Å². The Morgan fingerprint density at radius 3 is 2.48 bits per heavy atom. The van der Waals surface area contributed by atoms with E-state index in [9.17, 15) is 4.79 Å². The van der Waals surface area contributed by atoms with Crippen molar-refractivity contribution in [2.75, 3.05) is 26.2 Å². The van der Waals surface area contributed by atoms with Gasteiger partial charge >= 0.3 is 6.09 Å². The summed E-state index contributed by atoms with van der Waals surface area (Å²) in [4.78, 5) is 28.1. The molecule has 1 aromatic rings. The topological polar surface area (TPSA) is 58.6 Å². The largest absolute Gasteiger partial charge is 0.428 e. The monoisotopic (exact) mass is 318 g/mol. The van der Waals surface area contributed by atoms with Crippen LogP contribution in [0.25, 0.3) is 0 Å². The van der Waals surface area contributed by atoms with Gasteiger partial charge in [-0.05, 0) is 44.1 Å². The van der Waals surface area contributed by atoms with Crippen molar-refractivity contribution in [3.05, 3.63) is 23.8 Å². The Kier molecular flexibility index (Phi) is 5.43. The third kappa shape index (κ3) is 4.19. The zero-order chi connectivity index (χ0) is 16.1. The van der Waals surface area contributed by atoms with Gasteiger partial charge in [0.1, 0.15) is 6.33 Å². The lowest BCUT2D eigenvalue weighted by atomic mass is 9.90. The number of hydrogen-bond donors (Lipinski definition) is 0. The Hall–Kier alpha value is -1.69. The number of hydrogen-bond acceptors (Lipinski definition) is 5. The van der Waals surface area contributed by atoms with Crippen LogP contribution in [0, 0.1) is 6.92 Å². The maximum Gasteiger partial charge on any atom is 0.428 e. The Balaban J connectivity index is 1.49. The molecule has 0 aromatic carbocycles. The zero-order valence-electron chi connectivity index (χ0n) is 13.9. The van der Waals surface area contributed by atoms with E-state index in [2.05, 4.69) is 9.97 Å². The van der Waals surface area contributed by atoms with Gasteiger partial charge in [0, 0.05) is 38.1 Å². The van der Waals surface area contributed by atoms with Crippen LogP contribution in [0.1, 0.15) is 55.7 Å². The fourth-order valence-corrected chi connectivity index (χ4v) is 3.48. The summed E-state index contributed by atoms with van der Waals surface area (Å²) < 4.78 is 0. The molecule has 2 aliphatic heterocycles. The average Bonchev–Trinajstić information content (AvgIpc) is 2.86. The Labute approximate surface area is 137 Å². The average molecular weight is 318 g/mol. The number of aryl methyl sites for hydroxylation is 1. The molecule has 3 rings (SSSR count). The van der Waals surface area contributed by atoms with Crippen molar-refractivity contribution in [3.8, 4) is 0 Å². The van der Waals surface area contributed by atoms with Gasteiger partial charge in [-0.2, -0.15) is 0 Å². The maximum atomic E-state index is 12.3. The molecule has 6 nitrogen and oxygen atoms in total. The van der Waals surface area contributed by atoms with Gasteiger partial charge in [-0.15, -0.1) is 5.06 Å². The molecule has 0 atom stereocenters. The lowest BCUT2D eigenvalue weighted by Crippen LogP contribution is -2.41. The molecule has 0 spiro atoms. The van der Waals surface area contributed by atoms with E-state index in [1.807, 2.05) is 23.1 Å². The molecule has 6 heteroatoms. The van der Waals surface area contributed by atoms with Crippen LogP contribution in [0.5, 0.6) is 0 Å².